The molecule has 6 nitrogen and oxygen atoms in total. The van der Waals surface area contributed by atoms with Crippen LogP contribution in [0.3, 0.4) is 0 Å². The molecule has 114 valence electrons. The largest absolute Gasteiger partial charge is 0.357 e. The molecule has 1 unspecified atom stereocenters. The lowest BCUT2D eigenvalue weighted by Crippen LogP contribution is -2.29. The number of carbonyl (C=O) groups excluding carboxylic acids is 1. The molecule has 1 amide bonds. The number of hydrogen-bond acceptors (Lipinski definition) is 5. The fraction of sp³-hybridized carbons (Fsp3) is 0.500. The van der Waals surface area contributed by atoms with Crippen LogP contribution in [0.25, 0.3) is 10.7 Å². The Balaban J connectivity index is 2.37. The van der Waals surface area contributed by atoms with E-state index in [9.17, 15) is 4.79 Å². The van der Waals surface area contributed by atoms with Crippen molar-refractivity contribution in [1.29, 1.82) is 0 Å². The van der Waals surface area contributed by atoms with E-state index in [1.807, 2.05) is 36.0 Å². The number of rotatable bonds is 6. The average molecular weight is 307 g/mol. The molecule has 0 fully saturated rings. The number of carbonyl (C=O) groups is 1. The summed E-state index contributed by atoms with van der Waals surface area (Å²) in [5.41, 5.74) is 0. The predicted octanol–water partition coefficient (Wildman–Crippen LogP) is 2.16. The van der Waals surface area contributed by atoms with Gasteiger partial charge in [-0.25, -0.2) is 9.97 Å². The number of anilines is 1. The molecule has 0 aromatic carbocycles. The first-order valence-corrected chi connectivity index (χ1v) is 7.78. The van der Waals surface area contributed by atoms with Gasteiger partial charge in [-0.1, -0.05) is 24.7 Å². The van der Waals surface area contributed by atoms with Crippen molar-refractivity contribution in [3.05, 3.63) is 18.6 Å². The van der Waals surface area contributed by atoms with Crippen LogP contribution in [0.5, 0.6) is 0 Å². The lowest BCUT2D eigenvalue weighted by molar-refractivity contribution is -0.124. The molecule has 1 atom stereocenters. The second kappa shape index (κ2) is 6.71. The molecule has 0 aliphatic carbocycles. The maximum Gasteiger partial charge on any atom is 0.242 e. The Labute approximate surface area is 128 Å². The molecule has 0 bridgehead atoms. The predicted molar refractivity (Wildman–Crippen MR) is 85.7 cm³/mol. The Kier molecular flexibility index (Phi) is 4.95. The number of nitrogens with zero attached hydrogens (tertiary/aromatic N) is 4. The molecule has 0 aliphatic heterocycles. The van der Waals surface area contributed by atoms with Gasteiger partial charge in [0.2, 0.25) is 5.91 Å². The summed E-state index contributed by atoms with van der Waals surface area (Å²) in [4.78, 5) is 23.8. The zero-order valence-corrected chi connectivity index (χ0v) is 13.6. The minimum Gasteiger partial charge on any atom is -0.357 e. The molecule has 0 aliphatic rings. The van der Waals surface area contributed by atoms with E-state index in [2.05, 4.69) is 22.2 Å². The molecule has 2 aromatic rings. The number of likely N-dealkylation sites (N-methyl/N-ethyl adjacent to an activating group) is 1. The first-order valence-electron chi connectivity index (χ1n) is 6.96. The van der Waals surface area contributed by atoms with Crippen molar-refractivity contribution in [3.8, 4) is 10.7 Å². The van der Waals surface area contributed by atoms with Crippen molar-refractivity contribution >= 4 is 22.4 Å². The maximum atomic E-state index is 12.1. The zero-order chi connectivity index (χ0) is 15.4. The minimum atomic E-state index is -0.234. The quantitative estimate of drug-likeness (QED) is 0.888. The molecule has 0 radical (unpaired) electrons. The van der Waals surface area contributed by atoms with E-state index in [1.54, 1.807) is 24.6 Å². The molecule has 2 heterocycles. The summed E-state index contributed by atoms with van der Waals surface area (Å²) in [6.07, 6.45) is 7.12. The summed E-state index contributed by atoms with van der Waals surface area (Å²) < 4.78 is 1.94. The minimum absolute atomic E-state index is 0.00782. The lowest BCUT2D eigenvalue weighted by Gasteiger charge is -2.18. The number of amides is 1. The Morgan fingerprint density at radius 1 is 1.48 bits per heavy atom. The fourth-order valence-electron chi connectivity index (χ4n) is 2.17. The van der Waals surface area contributed by atoms with E-state index >= 15 is 0 Å². The van der Waals surface area contributed by atoms with Gasteiger partial charge >= 0.3 is 0 Å². The second-order valence-electron chi connectivity index (χ2n) is 4.98. The van der Waals surface area contributed by atoms with E-state index in [0.29, 0.717) is 0 Å². The lowest BCUT2D eigenvalue weighted by atomic mass is 10.1. The highest BCUT2D eigenvalue weighted by Crippen LogP contribution is 2.31. The molecule has 2 aromatic heterocycles. The third-order valence-electron chi connectivity index (χ3n) is 3.21. The van der Waals surface area contributed by atoms with Gasteiger partial charge in [-0.05, 0) is 6.42 Å². The van der Waals surface area contributed by atoms with Crippen LogP contribution in [0.4, 0.5) is 5.13 Å². The van der Waals surface area contributed by atoms with Gasteiger partial charge in [0.05, 0.1) is 11.1 Å². The summed E-state index contributed by atoms with van der Waals surface area (Å²) >= 11 is 1.57. The van der Waals surface area contributed by atoms with E-state index in [1.165, 1.54) is 0 Å². The Morgan fingerprint density at radius 3 is 2.81 bits per heavy atom. The van der Waals surface area contributed by atoms with Gasteiger partial charge in [0.25, 0.3) is 0 Å². The topological polar surface area (TPSA) is 63.1 Å². The first kappa shape index (κ1) is 15.5. The van der Waals surface area contributed by atoms with Crippen LogP contribution >= 0.6 is 11.3 Å². The van der Waals surface area contributed by atoms with Crippen LogP contribution in [0, 0.1) is 0 Å². The summed E-state index contributed by atoms with van der Waals surface area (Å²) in [6, 6.07) is -0.234. The van der Waals surface area contributed by atoms with Gasteiger partial charge in [-0.15, -0.1) is 0 Å². The van der Waals surface area contributed by atoms with Crippen LogP contribution < -0.4 is 10.2 Å². The highest BCUT2D eigenvalue weighted by atomic mass is 32.1. The van der Waals surface area contributed by atoms with Crippen molar-refractivity contribution in [3.63, 3.8) is 0 Å². The first-order chi connectivity index (χ1) is 10.1. The van der Waals surface area contributed by atoms with Crippen molar-refractivity contribution in [2.75, 3.05) is 26.0 Å². The molecular formula is C14H21N5OS. The SMILES string of the molecule is CCCC(C(=O)NC)n1ccnc1-c1cnc(N(C)C)s1. The van der Waals surface area contributed by atoms with Gasteiger partial charge in [0.15, 0.2) is 11.0 Å². The standard InChI is InChI=1S/C14H21N5OS/c1-5-6-10(13(20)15-2)19-8-7-16-12(19)11-9-17-14(21-11)18(3)4/h7-10H,5-6H2,1-4H3,(H,15,20). The van der Waals surface area contributed by atoms with Gasteiger partial charge in [0.1, 0.15) is 6.04 Å². The van der Waals surface area contributed by atoms with Crippen molar-refractivity contribution in [2.45, 2.75) is 25.8 Å². The molecule has 21 heavy (non-hydrogen) atoms. The normalized spacial score (nSPS) is 12.2. The van der Waals surface area contributed by atoms with Crippen LogP contribution in [-0.4, -0.2) is 41.6 Å². The van der Waals surface area contributed by atoms with Crippen molar-refractivity contribution in [1.82, 2.24) is 19.9 Å². The molecule has 0 saturated carbocycles. The second-order valence-corrected chi connectivity index (χ2v) is 5.99. The highest BCUT2D eigenvalue weighted by molar-refractivity contribution is 7.18. The van der Waals surface area contributed by atoms with Crippen LogP contribution in [0.15, 0.2) is 18.6 Å². The third-order valence-corrected chi connectivity index (χ3v) is 4.37. The van der Waals surface area contributed by atoms with E-state index in [0.717, 1.165) is 28.7 Å². The van der Waals surface area contributed by atoms with Crippen molar-refractivity contribution in [2.24, 2.45) is 0 Å². The van der Waals surface area contributed by atoms with E-state index in [-0.39, 0.29) is 11.9 Å². The smallest absolute Gasteiger partial charge is 0.242 e. The highest BCUT2D eigenvalue weighted by Gasteiger charge is 2.22. The number of hydrogen-bond donors (Lipinski definition) is 1. The van der Waals surface area contributed by atoms with Crippen molar-refractivity contribution < 1.29 is 4.79 Å². The molecule has 2 rings (SSSR count). The third kappa shape index (κ3) is 3.24. The summed E-state index contributed by atoms with van der Waals surface area (Å²) in [6.45, 7) is 2.07. The Morgan fingerprint density at radius 2 is 2.24 bits per heavy atom. The monoisotopic (exact) mass is 307 g/mol. The molecular weight excluding hydrogens is 286 g/mol. The number of thiazole rings is 1. The summed E-state index contributed by atoms with van der Waals surface area (Å²) in [7, 11) is 5.58. The Bertz CT molecular complexity index is 604. The van der Waals surface area contributed by atoms with Gasteiger partial charge in [-0.2, -0.15) is 0 Å². The van der Waals surface area contributed by atoms with Gasteiger partial charge in [0, 0.05) is 33.5 Å². The summed E-state index contributed by atoms with van der Waals surface area (Å²) in [5.74, 6) is 0.802. The van der Waals surface area contributed by atoms with E-state index < -0.39 is 0 Å². The molecule has 0 spiro atoms. The van der Waals surface area contributed by atoms with E-state index in [4.69, 9.17) is 0 Å². The number of nitrogens with one attached hydrogen (secondary N) is 1. The van der Waals surface area contributed by atoms with Crippen LogP contribution in [0.1, 0.15) is 25.8 Å². The zero-order valence-electron chi connectivity index (χ0n) is 12.8. The number of aromatic nitrogens is 3. The van der Waals surface area contributed by atoms with Crippen LogP contribution in [0.2, 0.25) is 0 Å². The molecule has 1 N–H and O–H groups in total. The van der Waals surface area contributed by atoms with Gasteiger partial charge in [-0.3, -0.25) is 4.79 Å². The molecule has 0 saturated heterocycles. The average Bonchev–Trinajstić information content (AvgIpc) is 3.11. The maximum absolute atomic E-state index is 12.1. The summed E-state index contributed by atoms with van der Waals surface area (Å²) in [5, 5.41) is 3.65. The Hall–Kier alpha value is -1.89. The van der Waals surface area contributed by atoms with Gasteiger partial charge < -0.3 is 14.8 Å². The van der Waals surface area contributed by atoms with Crippen LogP contribution in [-0.2, 0) is 4.79 Å². The number of imidazole rings is 1. The molecule has 7 heteroatoms. The fourth-order valence-corrected chi connectivity index (χ4v) is 3.01.